The molecule has 0 aromatic heterocycles. The van der Waals surface area contributed by atoms with Crippen LogP contribution in [0.3, 0.4) is 0 Å². The maximum atomic E-state index is 12.2. The molecule has 1 aliphatic rings. The van der Waals surface area contributed by atoms with Gasteiger partial charge in [0, 0.05) is 0 Å². The lowest BCUT2D eigenvalue weighted by Crippen LogP contribution is -2.41. The zero-order chi connectivity index (χ0) is 16.3. The second kappa shape index (κ2) is 6.24. The molecule has 22 heavy (non-hydrogen) atoms. The van der Waals surface area contributed by atoms with Crippen molar-refractivity contribution < 1.29 is 33.5 Å². The van der Waals surface area contributed by atoms with Crippen molar-refractivity contribution in [2.45, 2.75) is 19.6 Å². The Hall–Kier alpha value is -2.26. The first-order valence-corrected chi connectivity index (χ1v) is 7.85. The van der Waals surface area contributed by atoms with Crippen LogP contribution in [0.4, 0.5) is 14.4 Å². The van der Waals surface area contributed by atoms with Crippen LogP contribution in [0.25, 0.3) is 0 Å². The Morgan fingerprint density at radius 3 is 2.41 bits per heavy atom. The van der Waals surface area contributed by atoms with Crippen LogP contribution in [0, 0.1) is 0 Å². The molecule has 0 unspecified atom stereocenters. The van der Waals surface area contributed by atoms with E-state index in [1.54, 1.807) is 30.3 Å². The molecule has 2 N–H and O–H groups in total. The van der Waals surface area contributed by atoms with Gasteiger partial charge in [0.25, 0.3) is 0 Å². The van der Waals surface area contributed by atoms with Crippen molar-refractivity contribution in [3.63, 3.8) is 0 Å². The Bertz CT molecular complexity index is 577. The highest BCUT2D eigenvalue weighted by Gasteiger charge is 2.57. The minimum Gasteiger partial charge on any atom is -0.471 e. The fourth-order valence-electron chi connectivity index (χ4n) is 1.99. The lowest BCUT2D eigenvalue weighted by atomic mass is 10.2. The smallest absolute Gasteiger partial charge is 0.421 e. The third-order valence-corrected chi connectivity index (χ3v) is 5.50. The first-order valence-electron chi connectivity index (χ1n) is 6.33. The van der Waals surface area contributed by atoms with E-state index in [1.807, 2.05) is 0 Å². The van der Waals surface area contributed by atoms with Crippen LogP contribution >= 0.6 is 10.5 Å². The van der Waals surface area contributed by atoms with E-state index in [-0.39, 0.29) is 13.2 Å². The number of carbonyl (C=O) groups excluding carboxylic acids is 1. The maximum Gasteiger partial charge on any atom is 0.421 e. The molecule has 1 fully saturated rings. The van der Waals surface area contributed by atoms with Crippen molar-refractivity contribution >= 4 is 27.2 Å². The van der Waals surface area contributed by atoms with E-state index >= 15 is 0 Å². The number of carbonyl (C=O) groups is 3. The van der Waals surface area contributed by atoms with Crippen LogP contribution in [0.2, 0.25) is 0 Å². The highest BCUT2D eigenvalue weighted by atomic mass is 32.3. The van der Waals surface area contributed by atoms with Gasteiger partial charge in [-0.1, -0.05) is 30.3 Å². The van der Waals surface area contributed by atoms with Gasteiger partial charge in [0.15, 0.2) is 10.5 Å². The van der Waals surface area contributed by atoms with E-state index < -0.39 is 33.2 Å². The molecule has 1 aromatic carbocycles. The number of amides is 1. The zero-order valence-corrected chi connectivity index (χ0v) is 12.5. The first kappa shape index (κ1) is 16.1. The van der Waals surface area contributed by atoms with E-state index in [2.05, 4.69) is 0 Å². The molecule has 8 nitrogen and oxygen atoms in total. The monoisotopic (exact) mass is 329 g/mol. The van der Waals surface area contributed by atoms with Crippen molar-refractivity contribution in [3.05, 3.63) is 35.9 Å². The van der Waals surface area contributed by atoms with Gasteiger partial charge in [0.1, 0.15) is 6.61 Å². The second-order valence-corrected chi connectivity index (χ2v) is 6.94. The molecular formula is C13H15NO7S. The summed E-state index contributed by atoms with van der Waals surface area (Å²) in [4.78, 5) is 34.9. The Kier molecular flexibility index (Phi) is 4.57. The number of nitrogens with zero attached hydrogens (tertiary/aromatic N) is 1. The van der Waals surface area contributed by atoms with Crippen LogP contribution in [-0.2, 0) is 15.5 Å². The molecule has 9 heteroatoms. The van der Waals surface area contributed by atoms with Gasteiger partial charge in [-0.2, -0.15) is 0 Å². The number of carboxylic acid groups (broad SMARTS) is 2. The van der Waals surface area contributed by atoms with Crippen LogP contribution in [0.1, 0.15) is 12.5 Å². The molecule has 0 bridgehead atoms. The van der Waals surface area contributed by atoms with Crippen molar-refractivity contribution in [2.75, 3.05) is 6.61 Å². The number of ether oxygens (including phenoxy) is 1. The van der Waals surface area contributed by atoms with Crippen LogP contribution in [0.5, 0.6) is 0 Å². The topological polar surface area (TPSA) is 113 Å². The fourth-order valence-corrected chi connectivity index (χ4v) is 4.01. The van der Waals surface area contributed by atoms with Gasteiger partial charge in [0.2, 0.25) is 0 Å². The summed E-state index contributed by atoms with van der Waals surface area (Å²) in [5, 5.41) is 15.1. The van der Waals surface area contributed by atoms with Crippen molar-refractivity contribution in [2.24, 2.45) is 0 Å². The quantitative estimate of drug-likeness (QED) is 0.857. The standard InChI is InChI=1S/C13H15NO7S/c1-9-7-21-22(12(16)17,13(18)19)14(9)11(15)20-8-10-5-3-2-4-6-10/h2-6,9H,7-8H2,1H3,(H,16,17)(H,18,19)/t9-/m0/s1. The summed E-state index contributed by atoms with van der Waals surface area (Å²) in [6.45, 7) is 1.25. The summed E-state index contributed by atoms with van der Waals surface area (Å²) in [7, 11) is -3.80. The lowest BCUT2D eigenvalue weighted by molar-refractivity contribution is 0.115. The Balaban J connectivity index is 2.18. The summed E-state index contributed by atoms with van der Waals surface area (Å²) in [6.07, 6.45) is -1.02. The summed E-state index contributed by atoms with van der Waals surface area (Å²) in [5.41, 5.74) is 0.704. The van der Waals surface area contributed by atoms with Gasteiger partial charge in [-0.25, -0.2) is 18.7 Å². The molecule has 1 aliphatic heterocycles. The molecule has 0 radical (unpaired) electrons. The van der Waals surface area contributed by atoms with E-state index in [0.717, 1.165) is 0 Å². The number of rotatable bonds is 2. The van der Waals surface area contributed by atoms with E-state index in [1.165, 1.54) is 6.92 Å². The van der Waals surface area contributed by atoms with E-state index in [0.29, 0.717) is 9.87 Å². The summed E-state index contributed by atoms with van der Waals surface area (Å²) < 4.78 is 10.7. The third-order valence-electron chi connectivity index (χ3n) is 3.02. The normalized spacial score (nSPS) is 21.1. The average Bonchev–Trinajstić information content (AvgIpc) is 2.84. The van der Waals surface area contributed by atoms with Crippen LogP contribution in [0.15, 0.2) is 30.3 Å². The second-order valence-electron chi connectivity index (χ2n) is 4.56. The van der Waals surface area contributed by atoms with Gasteiger partial charge in [0.05, 0.1) is 12.6 Å². The Morgan fingerprint density at radius 1 is 1.27 bits per heavy atom. The molecule has 0 spiro atoms. The predicted octanol–water partition coefficient (Wildman–Crippen LogP) is 3.03. The minimum absolute atomic E-state index is 0.0857. The Morgan fingerprint density at radius 2 is 1.86 bits per heavy atom. The molecule has 1 atom stereocenters. The summed E-state index contributed by atoms with van der Waals surface area (Å²) >= 11 is 0. The number of benzene rings is 1. The first-order chi connectivity index (χ1) is 10.4. The van der Waals surface area contributed by atoms with Gasteiger partial charge in [-0.3, -0.25) is 4.18 Å². The van der Waals surface area contributed by atoms with Crippen LogP contribution in [-0.4, -0.2) is 43.9 Å². The molecule has 1 saturated heterocycles. The van der Waals surface area contributed by atoms with E-state index in [4.69, 9.17) is 8.92 Å². The van der Waals surface area contributed by atoms with Gasteiger partial charge < -0.3 is 14.9 Å². The lowest BCUT2D eigenvalue weighted by Gasteiger charge is -2.33. The molecule has 0 saturated carbocycles. The van der Waals surface area contributed by atoms with Crippen LogP contribution < -0.4 is 0 Å². The summed E-state index contributed by atoms with van der Waals surface area (Å²) in [6, 6.07) is 8.07. The van der Waals surface area contributed by atoms with Gasteiger partial charge in [-0.15, -0.1) is 0 Å². The molecule has 1 heterocycles. The SMILES string of the molecule is C[C@H]1COS(C(=O)O)(C(=O)O)N1C(=O)OCc1ccccc1. The fraction of sp³-hybridized carbons (Fsp3) is 0.308. The molecule has 2 rings (SSSR count). The predicted molar refractivity (Wildman–Crippen MR) is 77.5 cm³/mol. The van der Waals surface area contributed by atoms with Crippen molar-refractivity contribution in [3.8, 4) is 0 Å². The number of hydrogen-bond donors (Lipinski definition) is 2. The molecule has 1 aromatic rings. The van der Waals surface area contributed by atoms with Gasteiger partial charge in [-0.05, 0) is 12.5 Å². The highest BCUT2D eigenvalue weighted by Crippen LogP contribution is 2.59. The summed E-state index contributed by atoms with van der Waals surface area (Å²) in [5.74, 6) is 0. The Labute approximate surface area is 127 Å². The van der Waals surface area contributed by atoms with Gasteiger partial charge >= 0.3 is 16.7 Å². The third kappa shape index (κ3) is 2.72. The largest absolute Gasteiger partial charge is 0.471 e. The van der Waals surface area contributed by atoms with E-state index in [9.17, 15) is 24.6 Å². The number of hydrogen-bond acceptors (Lipinski definition) is 5. The molecule has 1 amide bonds. The average molecular weight is 329 g/mol. The van der Waals surface area contributed by atoms with Crippen molar-refractivity contribution in [1.82, 2.24) is 4.31 Å². The molecule has 0 aliphatic carbocycles. The highest BCUT2D eigenvalue weighted by molar-refractivity contribution is 8.50. The minimum atomic E-state index is -3.80. The maximum absolute atomic E-state index is 12.2. The zero-order valence-electron chi connectivity index (χ0n) is 11.7. The van der Waals surface area contributed by atoms with Crippen molar-refractivity contribution in [1.29, 1.82) is 0 Å². The molecular weight excluding hydrogens is 314 g/mol. The molecule has 120 valence electrons.